The number of carbonyl (C=O) groups is 1. The normalized spacial score (nSPS) is 16.7. The number of nitrogens with zero attached hydrogens (tertiary/aromatic N) is 1. The van der Waals surface area contributed by atoms with Gasteiger partial charge in [0, 0.05) is 19.6 Å². The van der Waals surface area contributed by atoms with E-state index in [0.29, 0.717) is 12.5 Å². The highest BCUT2D eigenvalue weighted by molar-refractivity contribution is 5.80. The van der Waals surface area contributed by atoms with Crippen molar-refractivity contribution in [1.29, 1.82) is 0 Å². The van der Waals surface area contributed by atoms with E-state index in [1.54, 1.807) is 0 Å². The second-order valence-corrected chi connectivity index (χ2v) is 9.78. The molecule has 0 spiro atoms. The van der Waals surface area contributed by atoms with E-state index >= 15 is 0 Å². The van der Waals surface area contributed by atoms with Gasteiger partial charge in [-0.1, -0.05) is 80.1 Å². The van der Waals surface area contributed by atoms with Crippen LogP contribution in [0.2, 0.25) is 0 Å². The molecular formula is C30H36N2O2. The van der Waals surface area contributed by atoms with Gasteiger partial charge in [-0.3, -0.25) is 9.69 Å². The molecule has 1 heterocycles. The smallest absolute Gasteiger partial charge is 0.260 e. The minimum Gasteiger partial charge on any atom is -0.481 e. The van der Waals surface area contributed by atoms with Gasteiger partial charge in [0.05, 0.1) is 6.04 Å². The zero-order valence-electron chi connectivity index (χ0n) is 20.8. The van der Waals surface area contributed by atoms with Gasteiger partial charge in [0.2, 0.25) is 0 Å². The number of carbonyl (C=O) groups excluding carboxylic acids is 1. The first-order chi connectivity index (χ1) is 16.4. The summed E-state index contributed by atoms with van der Waals surface area (Å²) in [5.74, 6) is 1.07. The molecule has 0 aromatic heterocycles. The van der Waals surface area contributed by atoms with Crippen LogP contribution in [-0.2, 0) is 17.8 Å². The number of fused-ring (bicyclic) bond motifs is 1. The van der Waals surface area contributed by atoms with E-state index in [9.17, 15) is 4.79 Å². The number of amides is 1. The van der Waals surface area contributed by atoms with Crippen molar-refractivity contribution in [2.75, 3.05) is 13.1 Å². The largest absolute Gasteiger partial charge is 0.481 e. The number of nitrogens with one attached hydrogen (secondary N) is 1. The van der Waals surface area contributed by atoms with Crippen molar-refractivity contribution in [1.82, 2.24) is 10.2 Å². The molecule has 3 aromatic carbocycles. The molecule has 0 radical (unpaired) electrons. The van der Waals surface area contributed by atoms with E-state index in [2.05, 4.69) is 97.7 Å². The molecule has 4 heteroatoms. The van der Waals surface area contributed by atoms with Gasteiger partial charge in [-0.05, 0) is 60.6 Å². The van der Waals surface area contributed by atoms with Crippen LogP contribution < -0.4 is 10.1 Å². The lowest BCUT2D eigenvalue weighted by Gasteiger charge is -2.38. The van der Waals surface area contributed by atoms with Crippen LogP contribution in [0.15, 0.2) is 72.8 Å². The van der Waals surface area contributed by atoms with Crippen LogP contribution in [0.25, 0.3) is 0 Å². The highest BCUT2D eigenvalue weighted by Crippen LogP contribution is 2.38. The first kappa shape index (κ1) is 24.0. The summed E-state index contributed by atoms with van der Waals surface area (Å²) in [6.45, 7) is 10.7. The van der Waals surface area contributed by atoms with Crippen molar-refractivity contribution >= 4 is 5.91 Å². The minimum atomic E-state index is -0.543. The molecule has 1 amide bonds. The topological polar surface area (TPSA) is 41.6 Å². The van der Waals surface area contributed by atoms with Gasteiger partial charge in [0.15, 0.2) is 6.10 Å². The van der Waals surface area contributed by atoms with Crippen LogP contribution in [0.4, 0.5) is 0 Å². The van der Waals surface area contributed by atoms with E-state index in [1.807, 2.05) is 13.0 Å². The van der Waals surface area contributed by atoms with Crippen LogP contribution in [0, 0.1) is 12.8 Å². The Morgan fingerprint density at radius 1 is 1.03 bits per heavy atom. The van der Waals surface area contributed by atoms with Crippen LogP contribution in [0.1, 0.15) is 54.6 Å². The molecule has 2 atom stereocenters. The van der Waals surface area contributed by atoms with Gasteiger partial charge in [0.1, 0.15) is 5.75 Å². The Morgan fingerprint density at radius 2 is 1.82 bits per heavy atom. The zero-order valence-corrected chi connectivity index (χ0v) is 20.8. The second-order valence-electron chi connectivity index (χ2n) is 9.78. The number of hydrogen-bond acceptors (Lipinski definition) is 3. The highest BCUT2D eigenvalue weighted by Gasteiger charge is 2.29. The maximum Gasteiger partial charge on any atom is 0.260 e. The van der Waals surface area contributed by atoms with Crippen molar-refractivity contribution in [2.24, 2.45) is 5.92 Å². The van der Waals surface area contributed by atoms with E-state index in [4.69, 9.17) is 4.74 Å². The number of hydrogen-bond donors (Lipinski definition) is 1. The third kappa shape index (κ3) is 5.87. The van der Waals surface area contributed by atoms with Crippen molar-refractivity contribution in [3.63, 3.8) is 0 Å². The molecule has 0 fully saturated rings. The van der Waals surface area contributed by atoms with Gasteiger partial charge in [0.25, 0.3) is 5.91 Å². The molecule has 0 saturated heterocycles. The Bertz CT molecular complexity index is 1110. The molecule has 178 valence electrons. The third-order valence-corrected chi connectivity index (χ3v) is 6.40. The summed E-state index contributed by atoms with van der Waals surface area (Å²) in [6.07, 6.45) is 0.453. The summed E-state index contributed by atoms with van der Waals surface area (Å²) >= 11 is 0. The van der Waals surface area contributed by atoms with Gasteiger partial charge < -0.3 is 10.1 Å². The lowest BCUT2D eigenvalue weighted by molar-refractivity contribution is -0.127. The fourth-order valence-electron chi connectivity index (χ4n) is 4.67. The Morgan fingerprint density at radius 3 is 2.56 bits per heavy atom. The molecule has 4 rings (SSSR count). The first-order valence-corrected chi connectivity index (χ1v) is 12.3. The maximum atomic E-state index is 12.5. The Labute approximate surface area is 204 Å². The van der Waals surface area contributed by atoms with Crippen LogP contribution in [0.5, 0.6) is 5.75 Å². The third-order valence-electron chi connectivity index (χ3n) is 6.40. The molecule has 34 heavy (non-hydrogen) atoms. The molecule has 0 saturated carbocycles. The van der Waals surface area contributed by atoms with Crippen molar-refractivity contribution in [3.8, 4) is 5.75 Å². The van der Waals surface area contributed by atoms with E-state index < -0.39 is 6.10 Å². The zero-order chi connectivity index (χ0) is 24.1. The lowest BCUT2D eigenvalue weighted by Crippen LogP contribution is -2.38. The first-order valence-electron chi connectivity index (χ1n) is 12.3. The summed E-state index contributed by atoms with van der Waals surface area (Å²) in [6, 6.07) is 25.9. The van der Waals surface area contributed by atoms with E-state index in [0.717, 1.165) is 25.3 Å². The van der Waals surface area contributed by atoms with Crippen molar-refractivity contribution < 1.29 is 9.53 Å². The second kappa shape index (κ2) is 10.9. The van der Waals surface area contributed by atoms with Crippen molar-refractivity contribution in [2.45, 2.75) is 52.8 Å². The fourth-order valence-corrected chi connectivity index (χ4v) is 4.67. The Balaban J connectivity index is 1.61. The van der Waals surface area contributed by atoms with Gasteiger partial charge >= 0.3 is 0 Å². The van der Waals surface area contributed by atoms with E-state index in [1.165, 1.54) is 27.8 Å². The van der Waals surface area contributed by atoms with Crippen molar-refractivity contribution in [3.05, 3.63) is 101 Å². The average Bonchev–Trinajstić information content (AvgIpc) is 2.83. The average molecular weight is 457 g/mol. The van der Waals surface area contributed by atoms with Gasteiger partial charge in [-0.2, -0.15) is 0 Å². The lowest BCUT2D eigenvalue weighted by atomic mass is 9.87. The summed E-state index contributed by atoms with van der Waals surface area (Å²) in [5.41, 5.74) is 6.49. The number of ether oxygens (including phenoxy) is 1. The standard InChI is InChI=1S/C30H36N2O2/c1-21(2)19-31-30(33)23(4)34-27-14-13-25-15-16-32(20-24-10-8-9-22(3)17-24)29(28(25)18-27)26-11-6-5-7-12-26/h5-14,17-18,21,23,29H,15-16,19-20H2,1-4H3,(H,31,33)/t23-,29-/m0/s1. The Hall–Kier alpha value is -3.11. The van der Waals surface area contributed by atoms with E-state index in [-0.39, 0.29) is 11.9 Å². The minimum absolute atomic E-state index is 0.0768. The maximum absolute atomic E-state index is 12.5. The fraction of sp³-hybridized carbons (Fsp3) is 0.367. The molecule has 1 aliphatic rings. The molecule has 0 aliphatic carbocycles. The summed E-state index contributed by atoms with van der Waals surface area (Å²) in [7, 11) is 0. The number of aryl methyl sites for hydroxylation is 1. The molecule has 0 unspecified atom stereocenters. The van der Waals surface area contributed by atoms with Crippen LogP contribution in [0.3, 0.4) is 0 Å². The number of rotatable bonds is 8. The summed E-state index contributed by atoms with van der Waals surface area (Å²) in [4.78, 5) is 15.0. The SMILES string of the molecule is Cc1cccc(CN2CCc3ccc(O[C@@H](C)C(=O)NCC(C)C)cc3[C@@H]2c2ccccc2)c1. The predicted molar refractivity (Wildman–Crippen MR) is 138 cm³/mol. The molecule has 4 nitrogen and oxygen atoms in total. The quantitative estimate of drug-likeness (QED) is 0.474. The predicted octanol–water partition coefficient (Wildman–Crippen LogP) is 5.68. The summed E-state index contributed by atoms with van der Waals surface area (Å²) < 4.78 is 6.10. The Kier molecular flexibility index (Phi) is 7.69. The monoisotopic (exact) mass is 456 g/mol. The molecule has 1 N–H and O–H groups in total. The van der Waals surface area contributed by atoms with Gasteiger partial charge in [-0.15, -0.1) is 0 Å². The van der Waals surface area contributed by atoms with Crippen LogP contribution in [-0.4, -0.2) is 30.0 Å². The molecular weight excluding hydrogens is 420 g/mol. The highest BCUT2D eigenvalue weighted by atomic mass is 16.5. The van der Waals surface area contributed by atoms with Crippen LogP contribution >= 0.6 is 0 Å². The molecule has 1 aliphatic heterocycles. The summed E-state index contributed by atoms with van der Waals surface area (Å²) in [5, 5.41) is 2.97. The van der Waals surface area contributed by atoms with Gasteiger partial charge in [-0.25, -0.2) is 0 Å². The molecule has 0 bridgehead atoms. The molecule has 3 aromatic rings. The number of benzene rings is 3.